The van der Waals surface area contributed by atoms with Crippen molar-refractivity contribution >= 4 is 35.5 Å². The van der Waals surface area contributed by atoms with Crippen molar-refractivity contribution in [1.29, 1.82) is 0 Å². The number of β-lactam (4-membered cyclic amide) rings is 1. The van der Waals surface area contributed by atoms with Crippen LogP contribution in [0.15, 0.2) is 10.6 Å². The fraction of sp³-hybridized carbons (Fsp3) is 0.727. The molecule has 0 aliphatic carbocycles. The molecular weight excluding hydrogens is 484 g/mol. The maximum atomic E-state index is 13.0. The zero-order valence-electron chi connectivity index (χ0n) is 19.8. The molecule has 4 aliphatic heterocycles. The van der Waals surface area contributed by atoms with Crippen LogP contribution in [0.25, 0.3) is 0 Å². The van der Waals surface area contributed by atoms with Gasteiger partial charge < -0.3 is 30.9 Å². The number of nitrogens with zero attached hydrogens (tertiary/aromatic N) is 2. The van der Waals surface area contributed by atoms with E-state index in [9.17, 15) is 33.1 Å². The van der Waals surface area contributed by atoms with Gasteiger partial charge in [-0.05, 0) is 20.3 Å². The van der Waals surface area contributed by atoms with E-state index in [-0.39, 0.29) is 34.9 Å². The molecule has 3 amide bonds. The van der Waals surface area contributed by atoms with Gasteiger partial charge in [-0.1, -0.05) is 6.92 Å². The van der Waals surface area contributed by atoms with Gasteiger partial charge in [0.25, 0.3) is 5.91 Å². The second-order valence-electron chi connectivity index (χ2n) is 9.71. The van der Waals surface area contributed by atoms with Crippen LogP contribution in [0.5, 0.6) is 0 Å². The average molecular weight is 516 g/mol. The summed E-state index contributed by atoms with van der Waals surface area (Å²) in [5, 5.41) is 18.5. The van der Waals surface area contributed by atoms with E-state index >= 15 is 0 Å². The van der Waals surface area contributed by atoms with Crippen LogP contribution < -0.4 is 16.0 Å². The van der Waals surface area contributed by atoms with Gasteiger partial charge in [0.2, 0.25) is 11.8 Å². The first-order chi connectivity index (χ1) is 16.5. The van der Waals surface area contributed by atoms with Gasteiger partial charge in [0.1, 0.15) is 5.70 Å². The van der Waals surface area contributed by atoms with Gasteiger partial charge in [-0.15, -0.1) is 11.8 Å². The minimum Gasteiger partial charge on any atom is -0.477 e. The summed E-state index contributed by atoms with van der Waals surface area (Å²) in [7, 11) is 0. The number of fused-ring (bicyclic) bond motifs is 1. The van der Waals surface area contributed by atoms with Crippen LogP contribution in [-0.4, -0.2) is 101 Å². The van der Waals surface area contributed by atoms with E-state index in [0.29, 0.717) is 31.0 Å². The van der Waals surface area contributed by atoms with Gasteiger partial charge in [-0.3, -0.25) is 14.4 Å². The van der Waals surface area contributed by atoms with E-state index in [2.05, 4.69) is 16.0 Å². The molecule has 35 heavy (non-hydrogen) atoms. The van der Waals surface area contributed by atoms with Crippen LogP contribution in [0.4, 0.5) is 8.78 Å². The molecule has 4 heterocycles. The number of halogens is 2. The van der Waals surface area contributed by atoms with Crippen LogP contribution in [0.3, 0.4) is 0 Å². The summed E-state index contributed by atoms with van der Waals surface area (Å²) in [6, 6.07) is -1.51. The number of alkyl halides is 2. The van der Waals surface area contributed by atoms with Crippen LogP contribution in [0.1, 0.15) is 27.2 Å². The summed E-state index contributed by atoms with van der Waals surface area (Å²) in [6.45, 7) is 7.86. The van der Waals surface area contributed by atoms with Crippen molar-refractivity contribution in [2.75, 3.05) is 26.2 Å². The molecule has 10 nitrogen and oxygen atoms in total. The highest BCUT2D eigenvalue weighted by Gasteiger charge is 2.60. The van der Waals surface area contributed by atoms with E-state index in [1.54, 1.807) is 0 Å². The third-order valence-corrected chi connectivity index (χ3v) is 8.77. The number of rotatable bonds is 7. The van der Waals surface area contributed by atoms with Crippen LogP contribution in [0, 0.1) is 11.8 Å². The maximum Gasteiger partial charge on any atom is 0.353 e. The first-order valence-electron chi connectivity index (χ1n) is 11.8. The van der Waals surface area contributed by atoms with Gasteiger partial charge in [0.15, 0.2) is 0 Å². The molecule has 194 valence electrons. The van der Waals surface area contributed by atoms with Crippen molar-refractivity contribution in [2.24, 2.45) is 11.8 Å². The first-order valence-corrected chi connectivity index (χ1v) is 12.7. The molecule has 3 saturated heterocycles. The number of aliphatic carboxylic acids is 1. The molecule has 0 aromatic heterocycles. The Morgan fingerprint density at radius 1 is 1.23 bits per heavy atom. The average Bonchev–Trinajstić information content (AvgIpc) is 3.35. The summed E-state index contributed by atoms with van der Waals surface area (Å²) < 4.78 is 25.3. The Morgan fingerprint density at radius 3 is 2.57 bits per heavy atom. The Bertz CT molecular complexity index is 949. The summed E-state index contributed by atoms with van der Waals surface area (Å²) in [6.07, 6.45) is -2.66. The van der Waals surface area contributed by atoms with Gasteiger partial charge in [-0.25, -0.2) is 4.79 Å². The van der Waals surface area contributed by atoms with Gasteiger partial charge >= 0.3 is 12.4 Å². The van der Waals surface area contributed by atoms with Crippen molar-refractivity contribution < 1.29 is 33.1 Å². The monoisotopic (exact) mass is 515 g/mol. The lowest BCUT2D eigenvalue weighted by Gasteiger charge is -2.47. The molecule has 7 atom stereocenters. The molecule has 0 saturated carbocycles. The number of carbonyl (C=O) groups excluding carboxylic acids is 3. The number of hydrogen-bond donors (Lipinski definition) is 4. The summed E-state index contributed by atoms with van der Waals surface area (Å²) in [4.78, 5) is 52.9. The Kier molecular flexibility index (Phi) is 7.39. The van der Waals surface area contributed by atoms with Crippen molar-refractivity contribution in [3.63, 3.8) is 0 Å². The summed E-state index contributed by atoms with van der Waals surface area (Å²) in [5.74, 6) is -4.28. The van der Waals surface area contributed by atoms with Crippen LogP contribution >= 0.6 is 11.8 Å². The number of amides is 3. The number of carbonyl (C=O) groups is 4. The smallest absolute Gasteiger partial charge is 0.353 e. The lowest BCUT2D eigenvalue weighted by atomic mass is 9.78. The molecule has 4 aliphatic rings. The Morgan fingerprint density at radius 2 is 1.94 bits per heavy atom. The van der Waals surface area contributed by atoms with E-state index in [1.807, 2.05) is 18.7 Å². The molecule has 0 spiro atoms. The maximum absolute atomic E-state index is 13.0. The third kappa shape index (κ3) is 4.77. The quantitative estimate of drug-likeness (QED) is 0.344. The highest BCUT2D eigenvalue weighted by molar-refractivity contribution is 8.03. The summed E-state index contributed by atoms with van der Waals surface area (Å²) >= 11 is 1.36. The van der Waals surface area contributed by atoms with E-state index < -0.39 is 42.2 Å². The number of thioether (sulfide) groups is 1. The SMILES string of the molecule is C[C@@H]1CN(C(=O)[C@@H]2C[C@H](SC3=C(C(=O)O)N4C(=O)[C@H]([C@@H](C)NC(=O)C(F)F)[C@H]4[C@H]3C)CN2)CCN1. The van der Waals surface area contributed by atoms with E-state index in [1.165, 1.54) is 23.6 Å². The Hall–Kier alpha value is -2.25. The fourth-order valence-corrected chi connectivity index (χ4v) is 7.07. The van der Waals surface area contributed by atoms with Crippen molar-refractivity contribution in [1.82, 2.24) is 25.8 Å². The van der Waals surface area contributed by atoms with Gasteiger partial charge in [-0.2, -0.15) is 8.78 Å². The van der Waals surface area contributed by atoms with Crippen LogP contribution in [-0.2, 0) is 19.2 Å². The predicted octanol–water partition coefficient (Wildman–Crippen LogP) is -0.187. The largest absolute Gasteiger partial charge is 0.477 e. The number of nitrogens with one attached hydrogen (secondary N) is 3. The fourth-order valence-electron chi connectivity index (χ4n) is 5.59. The summed E-state index contributed by atoms with van der Waals surface area (Å²) in [5.41, 5.74) is -0.0909. The molecule has 4 rings (SSSR count). The zero-order valence-corrected chi connectivity index (χ0v) is 20.6. The number of hydrogen-bond acceptors (Lipinski definition) is 7. The minimum absolute atomic E-state index is 0.0380. The molecule has 0 unspecified atom stereocenters. The van der Waals surface area contributed by atoms with Gasteiger partial charge in [0, 0.05) is 54.3 Å². The van der Waals surface area contributed by atoms with E-state index in [0.717, 1.165) is 6.54 Å². The minimum atomic E-state index is -3.20. The van der Waals surface area contributed by atoms with Gasteiger partial charge in [0.05, 0.1) is 18.0 Å². The molecular formula is C22H31F2N5O5S. The second kappa shape index (κ2) is 10.0. The predicted molar refractivity (Wildman–Crippen MR) is 123 cm³/mol. The molecule has 0 bridgehead atoms. The second-order valence-corrected chi connectivity index (χ2v) is 11.0. The highest BCUT2D eigenvalue weighted by Crippen LogP contribution is 2.51. The van der Waals surface area contributed by atoms with Crippen molar-refractivity contribution in [3.05, 3.63) is 10.6 Å². The molecule has 0 aromatic rings. The standard InChI is InChI=1S/C22H31F2N5O5S/c1-9-8-28(5-4-25-9)20(31)13-6-12(7-26-13)35-17-10(2)15-14(11(3)27-19(30)18(23)24)21(32)29(15)16(17)22(33)34/h9-15,18,25-26H,4-8H2,1-3H3,(H,27,30)(H,33,34)/t9-,10-,11-,12+,13+,14-,15-/m1/s1. The number of carboxylic acids is 1. The van der Waals surface area contributed by atoms with Crippen molar-refractivity contribution in [2.45, 2.75) is 63.0 Å². The lowest BCUT2D eigenvalue weighted by molar-refractivity contribution is -0.159. The molecule has 3 fully saturated rings. The molecule has 4 N–H and O–H groups in total. The number of piperazine rings is 1. The number of carboxylic acid groups (broad SMARTS) is 1. The normalized spacial score (nSPS) is 33.6. The van der Waals surface area contributed by atoms with Crippen LogP contribution in [0.2, 0.25) is 0 Å². The highest BCUT2D eigenvalue weighted by atomic mass is 32.2. The van der Waals surface area contributed by atoms with E-state index in [4.69, 9.17) is 0 Å². The van der Waals surface area contributed by atoms with Crippen molar-refractivity contribution in [3.8, 4) is 0 Å². The Labute approximate surface area is 206 Å². The lowest BCUT2D eigenvalue weighted by Crippen LogP contribution is -2.66. The Balaban J connectivity index is 1.43. The first kappa shape index (κ1) is 25.8. The third-order valence-electron chi connectivity index (χ3n) is 7.26. The molecule has 0 aromatic carbocycles. The zero-order chi connectivity index (χ0) is 25.6. The topological polar surface area (TPSA) is 131 Å². The molecule has 13 heteroatoms. The molecule has 0 radical (unpaired) electrons.